The lowest BCUT2D eigenvalue weighted by atomic mass is 9.98. The van der Waals surface area contributed by atoms with Gasteiger partial charge in [-0.05, 0) is 60.8 Å². The quantitative estimate of drug-likeness (QED) is 0.265. The van der Waals surface area contributed by atoms with E-state index in [4.69, 9.17) is 26.7 Å². The zero-order valence-corrected chi connectivity index (χ0v) is 21.4. The minimum absolute atomic E-state index is 0.104. The molecule has 8 heteroatoms. The number of nitrogens with one attached hydrogen (secondary N) is 1. The Balaban J connectivity index is 1.49. The van der Waals surface area contributed by atoms with Gasteiger partial charge in [0.25, 0.3) is 0 Å². The first kappa shape index (κ1) is 22.0. The minimum atomic E-state index is -0.104. The Hall–Kier alpha value is -4.20. The molecule has 0 radical (unpaired) electrons. The second-order valence-corrected chi connectivity index (χ2v) is 10.3. The average molecular weight is 521 g/mol. The Morgan fingerprint density at radius 1 is 0.892 bits per heavy atom. The lowest BCUT2D eigenvalue weighted by Crippen LogP contribution is -2.46. The molecule has 0 spiro atoms. The summed E-state index contributed by atoms with van der Waals surface area (Å²) >= 11 is 8.03. The minimum Gasteiger partial charge on any atom is -0.337 e. The molecule has 0 aliphatic carbocycles. The molecule has 3 aromatic carbocycles. The summed E-state index contributed by atoms with van der Waals surface area (Å²) in [5.41, 5.74) is 5.74. The van der Waals surface area contributed by atoms with Crippen molar-refractivity contribution in [2.24, 2.45) is 9.98 Å². The molecule has 2 aromatic heterocycles. The van der Waals surface area contributed by atoms with Gasteiger partial charge < -0.3 is 10.2 Å². The van der Waals surface area contributed by atoms with Crippen LogP contribution in [0, 0.1) is 6.92 Å². The smallest absolute Gasteiger partial charge is 0.179 e. The molecule has 7 rings (SSSR count). The van der Waals surface area contributed by atoms with Gasteiger partial charge in [0.1, 0.15) is 6.04 Å². The van der Waals surface area contributed by atoms with Crippen LogP contribution in [0.4, 0.5) is 22.9 Å². The molecule has 0 bridgehead atoms. The summed E-state index contributed by atoms with van der Waals surface area (Å²) in [6.45, 7) is 2.06. The number of benzene rings is 3. The summed E-state index contributed by atoms with van der Waals surface area (Å²) in [7, 11) is 0. The van der Waals surface area contributed by atoms with Gasteiger partial charge in [-0.2, -0.15) is 5.10 Å². The Morgan fingerprint density at radius 2 is 1.73 bits per heavy atom. The third-order valence-electron chi connectivity index (χ3n) is 6.54. The Bertz CT molecular complexity index is 1690. The largest absolute Gasteiger partial charge is 0.337 e. The van der Waals surface area contributed by atoms with Crippen molar-refractivity contribution in [1.29, 1.82) is 0 Å². The van der Waals surface area contributed by atoms with Gasteiger partial charge in [0.2, 0.25) is 0 Å². The van der Waals surface area contributed by atoms with Crippen molar-refractivity contribution in [3.05, 3.63) is 118 Å². The van der Waals surface area contributed by atoms with E-state index in [9.17, 15) is 0 Å². The number of aliphatic imine (C=N–C) groups is 2. The van der Waals surface area contributed by atoms with Crippen LogP contribution >= 0.6 is 22.9 Å². The highest BCUT2D eigenvalue weighted by atomic mass is 35.5. The Kier molecular flexibility index (Phi) is 5.20. The molecule has 5 aromatic rings. The molecule has 0 saturated carbocycles. The highest BCUT2D eigenvalue weighted by Gasteiger charge is 2.41. The fourth-order valence-electron chi connectivity index (χ4n) is 4.97. The number of anilines is 2. The monoisotopic (exact) mass is 520 g/mol. The van der Waals surface area contributed by atoms with Crippen molar-refractivity contribution >= 4 is 57.5 Å². The van der Waals surface area contributed by atoms with Crippen LogP contribution in [0.1, 0.15) is 22.2 Å². The lowest BCUT2D eigenvalue weighted by Gasteiger charge is -2.40. The van der Waals surface area contributed by atoms with Gasteiger partial charge in [-0.25, -0.2) is 14.7 Å². The van der Waals surface area contributed by atoms with Crippen LogP contribution < -0.4 is 10.2 Å². The fraction of sp³-hybridized carbons (Fsp3) is 0.0690. The van der Waals surface area contributed by atoms with Gasteiger partial charge in [-0.1, -0.05) is 54.1 Å². The molecule has 37 heavy (non-hydrogen) atoms. The molecule has 2 aliphatic heterocycles. The number of fused-ring (bicyclic) bond motifs is 4. The third-order valence-corrected chi connectivity index (χ3v) is 7.70. The summed E-state index contributed by atoms with van der Waals surface area (Å²) in [6, 6.07) is 30.1. The summed E-state index contributed by atoms with van der Waals surface area (Å²) in [6.07, 6.45) is 0. The molecule has 180 valence electrons. The zero-order valence-electron chi connectivity index (χ0n) is 19.8. The number of hydrogen-bond acceptors (Lipinski definition) is 6. The lowest BCUT2D eigenvalue weighted by molar-refractivity contribution is 0.830. The van der Waals surface area contributed by atoms with Gasteiger partial charge in [0.15, 0.2) is 17.5 Å². The number of amidine groups is 2. The second-order valence-electron chi connectivity index (χ2n) is 8.88. The number of rotatable bonds is 3. The maximum Gasteiger partial charge on any atom is 0.179 e. The van der Waals surface area contributed by atoms with Crippen molar-refractivity contribution in [2.75, 3.05) is 10.2 Å². The van der Waals surface area contributed by atoms with Crippen LogP contribution in [0.15, 0.2) is 106 Å². The predicted octanol–water partition coefficient (Wildman–Crippen LogP) is 7.69. The van der Waals surface area contributed by atoms with Crippen LogP contribution in [-0.4, -0.2) is 21.5 Å². The van der Waals surface area contributed by atoms with Gasteiger partial charge >= 0.3 is 0 Å². The molecule has 1 N–H and O–H groups in total. The van der Waals surface area contributed by atoms with Crippen LogP contribution in [0.3, 0.4) is 0 Å². The highest BCUT2D eigenvalue weighted by Crippen LogP contribution is 2.49. The van der Waals surface area contributed by atoms with E-state index in [1.165, 1.54) is 4.88 Å². The van der Waals surface area contributed by atoms with Crippen molar-refractivity contribution in [3.63, 3.8) is 0 Å². The topological polar surface area (TPSA) is 57.8 Å². The molecule has 0 amide bonds. The van der Waals surface area contributed by atoms with E-state index in [1.54, 1.807) is 11.3 Å². The van der Waals surface area contributed by atoms with E-state index < -0.39 is 0 Å². The van der Waals surface area contributed by atoms with E-state index in [-0.39, 0.29) is 6.04 Å². The van der Waals surface area contributed by atoms with E-state index in [0.29, 0.717) is 10.9 Å². The standard InChI is InChI=1S/C29H21ClN6S/c1-18-25-26(24-15-8-16-37-24)35-23-14-6-5-13-22(23)32-27(31-20-10-7-9-19(30)17-20)29(35)33-28(25)36(34-18)21-11-3-2-4-12-21/h2-17,26H,1H3,(H,31,32). The maximum atomic E-state index is 6.30. The molecule has 1 atom stereocenters. The number of thiophene rings is 1. The fourth-order valence-corrected chi connectivity index (χ4v) is 5.98. The van der Waals surface area contributed by atoms with Gasteiger partial charge in [0, 0.05) is 21.2 Å². The maximum absolute atomic E-state index is 6.30. The first-order valence-corrected chi connectivity index (χ1v) is 13.2. The van der Waals surface area contributed by atoms with Crippen LogP contribution in [-0.2, 0) is 0 Å². The average Bonchev–Trinajstić information content (AvgIpc) is 3.57. The van der Waals surface area contributed by atoms with Crippen molar-refractivity contribution in [1.82, 2.24) is 9.78 Å². The predicted molar refractivity (Wildman–Crippen MR) is 153 cm³/mol. The highest BCUT2D eigenvalue weighted by molar-refractivity contribution is 7.10. The molecular weight excluding hydrogens is 500 g/mol. The van der Waals surface area contributed by atoms with Crippen molar-refractivity contribution in [3.8, 4) is 5.69 Å². The molecule has 0 saturated heterocycles. The summed E-state index contributed by atoms with van der Waals surface area (Å²) < 4.78 is 1.94. The van der Waals surface area contributed by atoms with Gasteiger partial charge in [-0.15, -0.1) is 11.3 Å². The van der Waals surface area contributed by atoms with E-state index in [1.807, 2.05) is 65.3 Å². The normalized spacial score (nSPS) is 15.8. The van der Waals surface area contributed by atoms with Crippen LogP contribution in [0.25, 0.3) is 5.69 Å². The third kappa shape index (κ3) is 3.66. The molecule has 2 aliphatic rings. The molecule has 1 unspecified atom stereocenters. The Morgan fingerprint density at radius 3 is 2.54 bits per heavy atom. The van der Waals surface area contributed by atoms with Crippen molar-refractivity contribution < 1.29 is 0 Å². The Labute approximate surface area is 223 Å². The number of nitrogens with zero attached hydrogens (tertiary/aromatic N) is 5. The van der Waals surface area contributed by atoms with Gasteiger partial charge in [0.05, 0.1) is 22.8 Å². The summed E-state index contributed by atoms with van der Waals surface area (Å²) in [4.78, 5) is 13.8. The molecular formula is C29H21ClN6S. The number of para-hydroxylation sites is 3. The first-order valence-electron chi connectivity index (χ1n) is 11.9. The summed E-state index contributed by atoms with van der Waals surface area (Å²) in [5.74, 6) is 2.21. The summed E-state index contributed by atoms with van der Waals surface area (Å²) in [5, 5.41) is 11.2. The van der Waals surface area contributed by atoms with Crippen LogP contribution in [0.2, 0.25) is 5.02 Å². The number of aryl methyl sites for hydroxylation is 1. The van der Waals surface area contributed by atoms with Gasteiger partial charge in [-0.3, -0.25) is 0 Å². The zero-order chi connectivity index (χ0) is 24.9. The van der Waals surface area contributed by atoms with Crippen LogP contribution in [0.5, 0.6) is 0 Å². The number of aromatic nitrogens is 2. The molecule has 6 nitrogen and oxygen atoms in total. The first-order chi connectivity index (χ1) is 18.2. The van der Waals surface area contributed by atoms with Crippen molar-refractivity contribution in [2.45, 2.75) is 13.0 Å². The number of halogens is 1. The van der Waals surface area contributed by atoms with E-state index >= 15 is 0 Å². The molecule has 4 heterocycles. The van der Waals surface area contributed by atoms with E-state index in [0.717, 1.165) is 45.7 Å². The van der Waals surface area contributed by atoms with E-state index in [2.05, 4.69) is 52.9 Å². The second kappa shape index (κ2) is 8.73. The molecule has 0 fully saturated rings. The SMILES string of the molecule is Cc1nn(-c2ccccc2)c2c1C(c1cccs1)N1C(=N2)C(Nc2cccc(Cl)c2)=Nc2ccccc21. The number of hydrogen-bond donors (Lipinski definition) is 1.